The molecule has 0 spiro atoms. The third-order valence-corrected chi connectivity index (χ3v) is 6.02. The van der Waals surface area contributed by atoms with Crippen molar-refractivity contribution in [1.82, 2.24) is 9.29 Å². The van der Waals surface area contributed by atoms with Gasteiger partial charge in [0.1, 0.15) is 10.7 Å². The van der Waals surface area contributed by atoms with Crippen LogP contribution < -0.4 is 5.32 Å². The topological polar surface area (TPSA) is 79.4 Å². The molecule has 0 fully saturated rings. The summed E-state index contributed by atoms with van der Waals surface area (Å²) in [7, 11) is -0.687. The van der Waals surface area contributed by atoms with Gasteiger partial charge < -0.3 is 5.32 Å². The van der Waals surface area contributed by atoms with Crippen molar-refractivity contribution in [3.05, 3.63) is 47.4 Å². The maximum absolute atomic E-state index is 13.6. The standard InChI is InChI=1S/C15H15ClFN3O3S2/c1-20(2)25(22,23)11-4-6-15(18-8-11)24-9-14(21)19-13-5-3-10(16)7-12(13)17/h3-8H,9H2,1-2H3,(H,19,21). The lowest BCUT2D eigenvalue weighted by molar-refractivity contribution is -0.113. The highest BCUT2D eigenvalue weighted by molar-refractivity contribution is 7.99. The molecule has 0 aliphatic heterocycles. The van der Waals surface area contributed by atoms with Crippen LogP contribution in [0.25, 0.3) is 0 Å². The summed E-state index contributed by atoms with van der Waals surface area (Å²) in [6.07, 6.45) is 1.23. The molecule has 1 aromatic carbocycles. The first-order valence-electron chi connectivity index (χ1n) is 6.96. The molecule has 134 valence electrons. The Bertz CT molecular complexity index is 874. The van der Waals surface area contributed by atoms with Crippen molar-refractivity contribution in [2.24, 2.45) is 0 Å². The zero-order valence-corrected chi connectivity index (χ0v) is 15.8. The van der Waals surface area contributed by atoms with Crippen LogP contribution in [0.4, 0.5) is 10.1 Å². The minimum absolute atomic E-state index is 0.00512. The lowest BCUT2D eigenvalue weighted by Crippen LogP contribution is -2.22. The van der Waals surface area contributed by atoms with E-state index < -0.39 is 21.7 Å². The second-order valence-corrected chi connectivity index (χ2v) is 8.66. The second-order valence-electron chi connectivity index (χ2n) is 5.08. The first-order chi connectivity index (χ1) is 11.7. The van der Waals surface area contributed by atoms with Crippen LogP contribution in [0.15, 0.2) is 46.5 Å². The summed E-state index contributed by atoms with van der Waals surface area (Å²) < 4.78 is 38.6. The summed E-state index contributed by atoms with van der Waals surface area (Å²) in [4.78, 5) is 16.0. The molecule has 25 heavy (non-hydrogen) atoms. The summed E-state index contributed by atoms with van der Waals surface area (Å²) in [5.41, 5.74) is 0.0374. The molecule has 0 unspecified atom stereocenters. The number of aromatic nitrogens is 1. The van der Waals surface area contributed by atoms with Gasteiger partial charge in [0.05, 0.1) is 16.5 Å². The van der Waals surface area contributed by atoms with E-state index in [1.165, 1.54) is 44.6 Å². The van der Waals surface area contributed by atoms with E-state index in [9.17, 15) is 17.6 Å². The van der Waals surface area contributed by atoms with Gasteiger partial charge in [0.2, 0.25) is 15.9 Å². The van der Waals surface area contributed by atoms with Gasteiger partial charge in [-0.1, -0.05) is 23.4 Å². The SMILES string of the molecule is CN(C)S(=O)(=O)c1ccc(SCC(=O)Nc2ccc(Cl)cc2F)nc1. The Balaban J connectivity index is 1.96. The molecular weight excluding hydrogens is 389 g/mol. The first kappa shape index (κ1) is 19.6. The predicted octanol–water partition coefficient (Wildman–Crippen LogP) is 2.86. The van der Waals surface area contributed by atoms with Gasteiger partial charge in [-0.3, -0.25) is 4.79 Å². The highest BCUT2D eigenvalue weighted by atomic mass is 35.5. The van der Waals surface area contributed by atoms with E-state index in [1.54, 1.807) is 0 Å². The number of thioether (sulfide) groups is 1. The largest absolute Gasteiger partial charge is 0.323 e. The number of rotatable bonds is 6. The van der Waals surface area contributed by atoms with E-state index in [1.807, 2.05) is 0 Å². The van der Waals surface area contributed by atoms with Gasteiger partial charge in [-0.2, -0.15) is 0 Å². The van der Waals surface area contributed by atoms with E-state index in [0.717, 1.165) is 22.1 Å². The average Bonchev–Trinajstić information content (AvgIpc) is 2.56. The molecule has 0 bridgehead atoms. The lowest BCUT2D eigenvalue weighted by Gasteiger charge is -2.11. The Hall–Kier alpha value is -1.68. The molecule has 0 aliphatic rings. The molecule has 10 heteroatoms. The maximum Gasteiger partial charge on any atom is 0.244 e. The van der Waals surface area contributed by atoms with Gasteiger partial charge in [0.15, 0.2) is 0 Å². The minimum Gasteiger partial charge on any atom is -0.323 e. The van der Waals surface area contributed by atoms with Crippen molar-refractivity contribution >= 4 is 45.0 Å². The van der Waals surface area contributed by atoms with Gasteiger partial charge in [0, 0.05) is 25.3 Å². The molecule has 0 atom stereocenters. The molecule has 2 rings (SSSR count). The molecule has 1 aromatic heterocycles. The third-order valence-electron chi connectivity index (χ3n) is 3.04. The van der Waals surface area contributed by atoms with Crippen LogP contribution in [0.3, 0.4) is 0 Å². The molecule has 0 aliphatic carbocycles. The number of carbonyl (C=O) groups is 1. The summed E-state index contributed by atoms with van der Waals surface area (Å²) >= 11 is 6.75. The number of hydrogen-bond acceptors (Lipinski definition) is 5. The maximum atomic E-state index is 13.6. The molecule has 0 saturated carbocycles. The number of sulfonamides is 1. The number of hydrogen-bond donors (Lipinski definition) is 1. The summed E-state index contributed by atoms with van der Waals surface area (Å²) in [6.45, 7) is 0. The van der Waals surface area contributed by atoms with Crippen LogP contribution in [0.2, 0.25) is 5.02 Å². The molecule has 0 radical (unpaired) electrons. The van der Waals surface area contributed by atoms with Crippen molar-refractivity contribution in [3.8, 4) is 0 Å². The second kappa shape index (κ2) is 8.13. The monoisotopic (exact) mass is 403 g/mol. The van der Waals surface area contributed by atoms with E-state index >= 15 is 0 Å². The Morgan fingerprint density at radius 1 is 1.32 bits per heavy atom. The Kier molecular flexibility index (Phi) is 6.39. The number of nitrogens with one attached hydrogen (secondary N) is 1. The van der Waals surface area contributed by atoms with Crippen molar-refractivity contribution in [2.45, 2.75) is 9.92 Å². The lowest BCUT2D eigenvalue weighted by atomic mass is 10.3. The smallest absolute Gasteiger partial charge is 0.244 e. The van der Waals surface area contributed by atoms with Crippen LogP contribution in [-0.2, 0) is 14.8 Å². The van der Waals surface area contributed by atoms with Gasteiger partial charge in [0.25, 0.3) is 0 Å². The quantitative estimate of drug-likeness (QED) is 0.750. The summed E-state index contributed by atoms with van der Waals surface area (Å²) in [6, 6.07) is 6.88. The fraction of sp³-hybridized carbons (Fsp3) is 0.200. The van der Waals surface area contributed by atoms with Crippen molar-refractivity contribution < 1.29 is 17.6 Å². The molecule has 0 saturated heterocycles. The van der Waals surface area contributed by atoms with Crippen LogP contribution in [0.1, 0.15) is 0 Å². The molecular formula is C15H15ClFN3O3S2. The predicted molar refractivity (Wildman–Crippen MR) is 95.9 cm³/mol. The van der Waals surface area contributed by atoms with Crippen molar-refractivity contribution in [2.75, 3.05) is 25.2 Å². The zero-order chi connectivity index (χ0) is 18.6. The highest BCUT2D eigenvalue weighted by Gasteiger charge is 2.17. The Labute approximate surface area is 154 Å². The highest BCUT2D eigenvalue weighted by Crippen LogP contribution is 2.21. The van der Waals surface area contributed by atoms with E-state index in [0.29, 0.717) is 5.03 Å². The van der Waals surface area contributed by atoms with Crippen LogP contribution >= 0.6 is 23.4 Å². The summed E-state index contributed by atoms with van der Waals surface area (Å²) in [5, 5.41) is 3.15. The number of halogens is 2. The number of amides is 1. The Morgan fingerprint density at radius 2 is 2.04 bits per heavy atom. The minimum atomic E-state index is -3.54. The number of carbonyl (C=O) groups excluding carboxylic acids is 1. The Morgan fingerprint density at radius 3 is 2.60 bits per heavy atom. The van der Waals surface area contributed by atoms with Gasteiger partial charge in [-0.15, -0.1) is 0 Å². The fourth-order valence-electron chi connectivity index (χ4n) is 1.73. The molecule has 1 amide bonds. The van der Waals surface area contributed by atoms with Gasteiger partial charge >= 0.3 is 0 Å². The number of benzene rings is 1. The average molecular weight is 404 g/mol. The van der Waals surface area contributed by atoms with Crippen LogP contribution in [0.5, 0.6) is 0 Å². The number of pyridine rings is 1. The molecule has 1 N–H and O–H groups in total. The fourth-order valence-corrected chi connectivity index (χ4v) is 3.38. The van der Waals surface area contributed by atoms with E-state index in [-0.39, 0.29) is 21.4 Å². The van der Waals surface area contributed by atoms with Gasteiger partial charge in [-0.25, -0.2) is 22.1 Å². The molecule has 6 nitrogen and oxygen atoms in total. The normalized spacial score (nSPS) is 11.6. The number of nitrogens with zero attached hydrogens (tertiary/aromatic N) is 2. The summed E-state index contributed by atoms with van der Waals surface area (Å²) in [5.74, 6) is -1.05. The van der Waals surface area contributed by atoms with Gasteiger partial charge in [-0.05, 0) is 30.3 Å². The number of anilines is 1. The third kappa shape index (κ3) is 5.15. The molecule has 2 aromatic rings. The van der Waals surface area contributed by atoms with Crippen molar-refractivity contribution in [1.29, 1.82) is 0 Å². The van der Waals surface area contributed by atoms with Crippen LogP contribution in [0, 0.1) is 5.82 Å². The van der Waals surface area contributed by atoms with Crippen molar-refractivity contribution in [3.63, 3.8) is 0 Å². The molecule has 1 heterocycles. The zero-order valence-electron chi connectivity index (χ0n) is 13.4. The van der Waals surface area contributed by atoms with E-state index in [4.69, 9.17) is 11.6 Å². The first-order valence-corrected chi connectivity index (χ1v) is 9.77. The van der Waals surface area contributed by atoms with Crippen LogP contribution in [-0.4, -0.2) is 43.5 Å². The van der Waals surface area contributed by atoms with E-state index in [2.05, 4.69) is 10.3 Å².